The van der Waals surface area contributed by atoms with E-state index in [1.807, 2.05) is 0 Å². The Balaban J connectivity index is 3.32. The first-order valence-corrected chi connectivity index (χ1v) is 5.56. The number of ether oxygens (including phenoxy) is 2. The number of carbonyl (C=O) groups is 1. The lowest BCUT2D eigenvalue weighted by molar-refractivity contribution is -0.386. The first-order valence-electron chi connectivity index (χ1n) is 5.56. The minimum absolute atomic E-state index is 0.0799. The fourth-order valence-electron chi connectivity index (χ4n) is 1.54. The third-order valence-corrected chi connectivity index (χ3v) is 2.30. The van der Waals surface area contributed by atoms with Gasteiger partial charge in [0.2, 0.25) is 0 Å². The molecule has 0 aliphatic rings. The number of carbonyl (C=O) groups excluding carboxylic acids is 1. The summed E-state index contributed by atoms with van der Waals surface area (Å²) in [7, 11) is 1.07. The van der Waals surface area contributed by atoms with Crippen LogP contribution in [0.2, 0.25) is 0 Å². The van der Waals surface area contributed by atoms with Gasteiger partial charge in [0.25, 0.3) is 12.3 Å². The normalized spacial score (nSPS) is 10.4. The Kier molecular flexibility index (Phi) is 5.30. The molecule has 0 spiro atoms. The molecule has 0 amide bonds. The van der Waals surface area contributed by atoms with E-state index in [4.69, 9.17) is 0 Å². The summed E-state index contributed by atoms with van der Waals surface area (Å²) < 4.78 is 34.6. The van der Waals surface area contributed by atoms with Gasteiger partial charge < -0.3 is 9.47 Å². The fraction of sp³-hybridized carbons (Fsp3) is 0.455. The van der Waals surface area contributed by atoms with E-state index in [1.165, 1.54) is 0 Å². The van der Waals surface area contributed by atoms with Crippen LogP contribution < -0.4 is 4.74 Å². The maximum absolute atomic E-state index is 12.7. The molecule has 0 aliphatic heterocycles. The number of pyridine rings is 1. The summed E-state index contributed by atoms with van der Waals surface area (Å²) in [6.45, 7) is 1.64. The summed E-state index contributed by atoms with van der Waals surface area (Å²) in [5.41, 5.74) is -1.55. The Hall–Kier alpha value is -2.32. The highest BCUT2D eigenvalue weighted by Crippen LogP contribution is 2.32. The lowest BCUT2D eigenvalue weighted by atomic mass is 10.1. The molecule has 1 rings (SSSR count). The quantitative estimate of drug-likeness (QED) is 0.452. The molecular weight excluding hydrogens is 278 g/mol. The maximum atomic E-state index is 12.7. The molecule has 7 nitrogen and oxygen atoms in total. The number of hydrogen-bond acceptors (Lipinski definition) is 6. The van der Waals surface area contributed by atoms with Crippen LogP contribution >= 0.6 is 0 Å². The van der Waals surface area contributed by atoms with Crippen molar-refractivity contribution in [2.75, 3.05) is 13.7 Å². The number of halogens is 2. The lowest BCUT2D eigenvalue weighted by Gasteiger charge is -2.09. The number of nitrogens with zero attached hydrogens (tertiary/aromatic N) is 2. The fourth-order valence-corrected chi connectivity index (χ4v) is 1.54. The predicted octanol–water partition coefficient (Wildman–Crippen LogP) is 2.04. The minimum Gasteiger partial charge on any atom is -0.476 e. The van der Waals surface area contributed by atoms with Crippen molar-refractivity contribution in [1.82, 2.24) is 4.98 Å². The summed E-state index contributed by atoms with van der Waals surface area (Å²) in [6.07, 6.45) is -3.45. The van der Waals surface area contributed by atoms with E-state index >= 15 is 0 Å². The number of rotatable bonds is 6. The van der Waals surface area contributed by atoms with Gasteiger partial charge in [-0.3, -0.25) is 14.9 Å². The highest BCUT2D eigenvalue weighted by molar-refractivity contribution is 5.75. The molecule has 9 heteroatoms. The van der Waals surface area contributed by atoms with Crippen LogP contribution in [0.3, 0.4) is 0 Å². The zero-order valence-corrected chi connectivity index (χ0v) is 10.8. The first kappa shape index (κ1) is 15.7. The van der Waals surface area contributed by atoms with Crippen LogP contribution in [0.25, 0.3) is 0 Å². The summed E-state index contributed by atoms with van der Waals surface area (Å²) in [4.78, 5) is 24.9. The summed E-state index contributed by atoms with van der Waals surface area (Å²) in [5.74, 6) is -1.32. The van der Waals surface area contributed by atoms with Crippen LogP contribution in [0.15, 0.2) is 6.07 Å². The molecule has 0 fully saturated rings. The molecule has 0 saturated carbocycles. The Morgan fingerprint density at radius 1 is 1.55 bits per heavy atom. The van der Waals surface area contributed by atoms with E-state index in [1.54, 1.807) is 6.92 Å². The molecule has 0 bridgehead atoms. The summed E-state index contributed by atoms with van der Waals surface area (Å²) in [5, 5.41) is 11.0. The molecule has 0 aromatic carbocycles. The molecule has 110 valence electrons. The van der Waals surface area contributed by atoms with Crippen LogP contribution in [0, 0.1) is 10.1 Å². The Morgan fingerprint density at radius 3 is 2.65 bits per heavy atom. The molecule has 0 N–H and O–H groups in total. The standard InChI is InChI=1S/C11H12F2N2O5/c1-3-20-8(16)5-6-4-7(10(12)13)14-11(19-2)9(6)15(17)18/h4,10H,3,5H2,1-2H3. The van der Waals surface area contributed by atoms with Gasteiger partial charge in [0.15, 0.2) is 0 Å². The largest absolute Gasteiger partial charge is 0.476 e. The SMILES string of the molecule is CCOC(=O)Cc1cc(C(F)F)nc(OC)c1[N+](=O)[O-]. The molecule has 0 unspecified atom stereocenters. The molecule has 0 saturated heterocycles. The van der Waals surface area contributed by atoms with Gasteiger partial charge >= 0.3 is 11.7 Å². The maximum Gasteiger partial charge on any atom is 0.334 e. The van der Waals surface area contributed by atoms with E-state index in [2.05, 4.69) is 14.5 Å². The molecule has 0 atom stereocenters. The number of nitro groups is 1. The Labute approximate surface area is 112 Å². The Morgan fingerprint density at radius 2 is 2.20 bits per heavy atom. The third-order valence-electron chi connectivity index (χ3n) is 2.30. The van der Waals surface area contributed by atoms with Gasteiger partial charge in [-0.05, 0) is 13.0 Å². The van der Waals surface area contributed by atoms with Crippen molar-refractivity contribution >= 4 is 11.7 Å². The molecule has 0 radical (unpaired) electrons. The number of methoxy groups -OCH3 is 1. The Bertz CT molecular complexity index is 522. The van der Waals surface area contributed by atoms with Crippen molar-refractivity contribution in [3.05, 3.63) is 27.4 Å². The van der Waals surface area contributed by atoms with E-state index < -0.39 is 41.0 Å². The monoisotopic (exact) mass is 290 g/mol. The molecule has 1 aromatic heterocycles. The van der Waals surface area contributed by atoms with Crippen molar-refractivity contribution in [1.29, 1.82) is 0 Å². The van der Waals surface area contributed by atoms with Gasteiger partial charge in [0, 0.05) is 5.56 Å². The van der Waals surface area contributed by atoms with E-state index in [9.17, 15) is 23.7 Å². The number of alkyl halides is 2. The van der Waals surface area contributed by atoms with Crippen molar-refractivity contribution in [3.8, 4) is 5.88 Å². The van der Waals surface area contributed by atoms with E-state index in [-0.39, 0.29) is 12.2 Å². The third kappa shape index (κ3) is 3.59. The molecule has 1 heterocycles. The van der Waals surface area contributed by atoms with Crippen LogP contribution in [0.5, 0.6) is 5.88 Å². The van der Waals surface area contributed by atoms with Gasteiger partial charge in [0.05, 0.1) is 25.1 Å². The smallest absolute Gasteiger partial charge is 0.334 e. The first-order chi connectivity index (χ1) is 9.40. The molecule has 0 aliphatic carbocycles. The second kappa shape index (κ2) is 6.73. The van der Waals surface area contributed by atoms with Crippen LogP contribution in [0.4, 0.5) is 14.5 Å². The van der Waals surface area contributed by atoms with Gasteiger partial charge in [-0.2, -0.15) is 0 Å². The molecular formula is C11H12F2N2O5. The minimum atomic E-state index is -2.94. The molecule has 1 aromatic rings. The zero-order chi connectivity index (χ0) is 15.3. The topological polar surface area (TPSA) is 91.6 Å². The van der Waals surface area contributed by atoms with Crippen molar-refractivity contribution in [2.45, 2.75) is 19.8 Å². The number of hydrogen-bond donors (Lipinski definition) is 0. The van der Waals surface area contributed by atoms with Crippen molar-refractivity contribution in [3.63, 3.8) is 0 Å². The second-order valence-corrected chi connectivity index (χ2v) is 3.60. The van der Waals surface area contributed by atoms with Crippen LogP contribution in [-0.2, 0) is 16.0 Å². The average Bonchev–Trinajstić information content (AvgIpc) is 2.37. The van der Waals surface area contributed by atoms with E-state index in [0.717, 1.165) is 13.2 Å². The highest BCUT2D eigenvalue weighted by atomic mass is 19.3. The molecule has 20 heavy (non-hydrogen) atoms. The van der Waals surface area contributed by atoms with Gasteiger partial charge in [-0.1, -0.05) is 0 Å². The summed E-state index contributed by atoms with van der Waals surface area (Å²) >= 11 is 0. The zero-order valence-electron chi connectivity index (χ0n) is 10.8. The van der Waals surface area contributed by atoms with Gasteiger partial charge in [-0.25, -0.2) is 13.8 Å². The summed E-state index contributed by atoms with van der Waals surface area (Å²) in [6, 6.07) is 0.808. The second-order valence-electron chi connectivity index (χ2n) is 3.60. The number of esters is 1. The average molecular weight is 290 g/mol. The van der Waals surface area contributed by atoms with Crippen LogP contribution in [0.1, 0.15) is 24.6 Å². The van der Waals surface area contributed by atoms with Crippen molar-refractivity contribution < 1.29 is 28.0 Å². The highest BCUT2D eigenvalue weighted by Gasteiger charge is 2.27. The van der Waals surface area contributed by atoms with Crippen molar-refractivity contribution in [2.24, 2.45) is 0 Å². The van der Waals surface area contributed by atoms with Crippen LogP contribution in [-0.4, -0.2) is 29.6 Å². The predicted molar refractivity (Wildman–Crippen MR) is 62.7 cm³/mol. The van der Waals surface area contributed by atoms with Gasteiger partial charge in [0.1, 0.15) is 5.69 Å². The lowest BCUT2D eigenvalue weighted by Crippen LogP contribution is -2.11. The number of aromatic nitrogens is 1. The van der Waals surface area contributed by atoms with E-state index in [0.29, 0.717) is 0 Å². The van der Waals surface area contributed by atoms with Gasteiger partial charge in [-0.15, -0.1) is 0 Å².